The van der Waals surface area contributed by atoms with Gasteiger partial charge in [-0.05, 0) is 0 Å². The lowest BCUT2D eigenvalue weighted by Crippen LogP contribution is -1.98. The molecule has 0 atom stereocenters. The van der Waals surface area contributed by atoms with E-state index >= 15 is 0 Å². The minimum atomic E-state index is -0.442. The number of esters is 1. The van der Waals surface area contributed by atoms with Gasteiger partial charge in [0.1, 0.15) is 5.70 Å². The predicted molar refractivity (Wildman–Crippen MR) is 54.8 cm³/mol. The first kappa shape index (κ1) is 10.2. The number of hydrogen-bond donors (Lipinski definition) is 0. The predicted octanol–water partition coefficient (Wildman–Crippen LogP) is 2.16. The molecule has 3 heteroatoms. The fourth-order valence-corrected chi connectivity index (χ4v) is 0.836. The molecule has 0 aromatic heterocycles. The summed E-state index contributed by atoms with van der Waals surface area (Å²) in [5, 5.41) is 0. The zero-order chi connectivity index (χ0) is 10.4. The highest BCUT2D eigenvalue weighted by Gasteiger charge is 2.16. The average molecular weight is 189 g/mol. The molecule has 0 saturated carbocycles. The number of nitrogens with zero attached hydrogens (tertiary/aromatic N) is 1. The molecule has 1 aromatic rings. The van der Waals surface area contributed by atoms with Crippen molar-refractivity contribution in [3.63, 3.8) is 0 Å². The lowest BCUT2D eigenvalue weighted by molar-refractivity contribution is -0.130. The van der Waals surface area contributed by atoms with Crippen LogP contribution in [0.3, 0.4) is 0 Å². The van der Waals surface area contributed by atoms with Gasteiger partial charge in [-0.1, -0.05) is 43.0 Å². The number of ether oxygens (including phenoxy) is 1. The molecular formula is C11H11NO2. The Kier molecular flexibility index (Phi) is 3.61. The number of cyclic esters (lactones) is 1. The van der Waals surface area contributed by atoms with E-state index in [4.69, 9.17) is 0 Å². The molecule has 1 aliphatic heterocycles. The molecule has 0 saturated heterocycles. The van der Waals surface area contributed by atoms with Gasteiger partial charge in [0.15, 0.2) is 5.90 Å². The van der Waals surface area contributed by atoms with Gasteiger partial charge in [-0.25, -0.2) is 9.79 Å². The van der Waals surface area contributed by atoms with Crippen LogP contribution in [0.1, 0.15) is 6.92 Å². The molecule has 2 rings (SSSR count). The number of hydrogen-bond acceptors (Lipinski definition) is 3. The van der Waals surface area contributed by atoms with Crippen LogP contribution in [0, 0.1) is 0 Å². The summed E-state index contributed by atoms with van der Waals surface area (Å²) in [4.78, 5) is 14.0. The molecule has 3 nitrogen and oxygen atoms in total. The van der Waals surface area contributed by atoms with E-state index < -0.39 is 5.97 Å². The van der Waals surface area contributed by atoms with Crippen LogP contribution >= 0.6 is 0 Å². The van der Waals surface area contributed by atoms with Gasteiger partial charge in [-0.3, -0.25) is 0 Å². The second-order valence-electron chi connectivity index (χ2n) is 2.62. The minimum absolute atomic E-state index is 0.183. The Morgan fingerprint density at radius 3 is 1.71 bits per heavy atom. The van der Waals surface area contributed by atoms with E-state index in [1.807, 2.05) is 36.4 Å². The van der Waals surface area contributed by atoms with Crippen LogP contribution in [0.15, 0.2) is 53.7 Å². The summed E-state index contributed by atoms with van der Waals surface area (Å²) in [7, 11) is 0. The maximum atomic E-state index is 10.3. The molecule has 72 valence electrons. The molecule has 0 bridgehead atoms. The smallest absolute Gasteiger partial charge is 0.362 e. The van der Waals surface area contributed by atoms with Gasteiger partial charge < -0.3 is 4.74 Å². The van der Waals surface area contributed by atoms with Crippen LogP contribution in [0.4, 0.5) is 0 Å². The first-order valence-corrected chi connectivity index (χ1v) is 4.16. The molecule has 0 aliphatic carbocycles. The van der Waals surface area contributed by atoms with E-state index in [9.17, 15) is 4.79 Å². The second-order valence-corrected chi connectivity index (χ2v) is 2.62. The quantitative estimate of drug-likeness (QED) is 0.463. The van der Waals surface area contributed by atoms with Crippen molar-refractivity contribution in [2.45, 2.75) is 6.92 Å². The second kappa shape index (κ2) is 4.97. The Morgan fingerprint density at radius 1 is 1.14 bits per heavy atom. The lowest BCUT2D eigenvalue weighted by Gasteiger charge is -1.84. The Balaban J connectivity index is 0.000000146. The van der Waals surface area contributed by atoms with Gasteiger partial charge in [-0.15, -0.1) is 0 Å². The van der Waals surface area contributed by atoms with Gasteiger partial charge in [0.25, 0.3) is 0 Å². The highest BCUT2D eigenvalue weighted by Crippen LogP contribution is 2.05. The summed E-state index contributed by atoms with van der Waals surface area (Å²) < 4.78 is 4.48. The molecule has 1 aliphatic rings. The van der Waals surface area contributed by atoms with Crippen molar-refractivity contribution in [1.29, 1.82) is 0 Å². The van der Waals surface area contributed by atoms with Crippen molar-refractivity contribution in [2.75, 3.05) is 0 Å². The number of rotatable bonds is 0. The average Bonchev–Trinajstić information content (AvgIpc) is 2.48. The maximum Gasteiger partial charge on any atom is 0.362 e. The summed E-state index contributed by atoms with van der Waals surface area (Å²) in [5.74, 6) is -0.0671. The largest absolute Gasteiger partial charge is 0.407 e. The minimum Gasteiger partial charge on any atom is -0.407 e. The Hall–Kier alpha value is -1.90. The first-order chi connectivity index (χ1) is 6.70. The summed E-state index contributed by atoms with van der Waals surface area (Å²) in [5.41, 5.74) is 0.183. The molecule has 1 heterocycles. The fraction of sp³-hybridized carbons (Fsp3) is 0.0909. The monoisotopic (exact) mass is 189 g/mol. The summed E-state index contributed by atoms with van der Waals surface area (Å²) in [6, 6.07) is 12.0. The van der Waals surface area contributed by atoms with Crippen molar-refractivity contribution in [2.24, 2.45) is 4.99 Å². The molecule has 0 unspecified atom stereocenters. The van der Waals surface area contributed by atoms with Crippen molar-refractivity contribution >= 4 is 11.9 Å². The van der Waals surface area contributed by atoms with Gasteiger partial charge in [0, 0.05) is 6.92 Å². The zero-order valence-electron chi connectivity index (χ0n) is 7.93. The fourth-order valence-electron chi connectivity index (χ4n) is 0.836. The molecule has 0 radical (unpaired) electrons. The van der Waals surface area contributed by atoms with E-state index in [1.54, 1.807) is 6.92 Å². The van der Waals surface area contributed by atoms with Crippen molar-refractivity contribution in [3.05, 3.63) is 48.7 Å². The van der Waals surface area contributed by atoms with Crippen LogP contribution < -0.4 is 0 Å². The first-order valence-electron chi connectivity index (χ1n) is 4.16. The lowest BCUT2D eigenvalue weighted by atomic mass is 10.4. The van der Waals surface area contributed by atoms with E-state index in [-0.39, 0.29) is 5.70 Å². The third-order valence-electron chi connectivity index (χ3n) is 1.44. The normalized spacial score (nSPS) is 13.9. The third kappa shape index (κ3) is 3.23. The van der Waals surface area contributed by atoms with E-state index in [0.717, 1.165) is 0 Å². The zero-order valence-corrected chi connectivity index (χ0v) is 7.93. The summed E-state index contributed by atoms with van der Waals surface area (Å²) in [6.07, 6.45) is 0. The van der Waals surface area contributed by atoms with Crippen molar-refractivity contribution < 1.29 is 9.53 Å². The van der Waals surface area contributed by atoms with E-state index in [0.29, 0.717) is 5.90 Å². The summed E-state index contributed by atoms with van der Waals surface area (Å²) in [6.45, 7) is 4.93. The SMILES string of the molecule is C=C1N=C(C)OC1=O.c1ccccc1. The van der Waals surface area contributed by atoms with Crippen molar-refractivity contribution in [3.8, 4) is 0 Å². The van der Waals surface area contributed by atoms with Crippen LogP contribution in [0.2, 0.25) is 0 Å². The summed E-state index contributed by atoms with van der Waals surface area (Å²) >= 11 is 0. The number of aliphatic imine (C=N–C) groups is 1. The van der Waals surface area contributed by atoms with Crippen LogP contribution in [0.25, 0.3) is 0 Å². The molecular weight excluding hydrogens is 178 g/mol. The Bertz CT molecular complexity index is 328. The van der Waals surface area contributed by atoms with Gasteiger partial charge in [0.2, 0.25) is 0 Å². The molecule has 0 fully saturated rings. The highest BCUT2D eigenvalue weighted by atomic mass is 16.6. The van der Waals surface area contributed by atoms with Crippen LogP contribution in [-0.2, 0) is 9.53 Å². The Labute approximate surface area is 82.7 Å². The Morgan fingerprint density at radius 2 is 1.57 bits per heavy atom. The number of benzene rings is 1. The maximum absolute atomic E-state index is 10.3. The van der Waals surface area contributed by atoms with Crippen LogP contribution in [-0.4, -0.2) is 11.9 Å². The molecule has 0 N–H and O–H groups in total. The van der Waals surface area contributed by atoms with Crippen LogP contribution in [0.5, 0.6) is 0 Å². The van der Waals surface area contributed by atoms with Gasteiger partial charge in [0.05, 0.1) is 0 Å². The number of carbonyl (C=O) groups is 1. The molecule has 14 heavy (non-hydrogen) atoms. The standard InChI is InChI=1S/C6H6.C5H5NO2/c1-2-4-6-5-3-1;1-3-5(7)8-4(2)6-3/h1-6H;1H2,2H3. The molecule has 0 amide bonds. The third-order valence-corrected chi connectivity index (χ3v) is 1.44. The molecule has 1 aromatic carbocycles. The highest BCUT2D eigenvalue weighted by molar-refractivity contribution is 6.03. The van der Waals surface area contributed by atoms with Gasteiger partial charge in [-0.2, -0.15) is 0 Å². The van der Waals surface area contributed by atoms with Gasteiger partial charge >= 0.3 is 5.97 Å². The van der Waals surface area contributed by atoms with E-state index in [1.165, 1.54) is 0 Å². The molecule has 0 spiro atoms. The topological polar surface area (TPSA) is 38.7 Å². The van der Waals surface area contributed by atoms with Crippen molar-refractivity contribution in [1.82, 2.24) is 0 Å². The number of carbonyl (C=O) groups excluding carboxylic acids is 1. The van der Waals surface area contributed by atoms with E-state index in [2.05, 4.69) is 16.3 Å².